The Hall–Kier alpha value is -4.27. The summed E-state index contributed by atoms with van der Waals surface area (Å²) in [7, 11) is 3.83. The average Bonchev–Trinajstić information content (AvgIpc) is 3.49. The number of nitrogens with one attached hydrogen (secondary N) is 1. The number of aryl methyl sites for hydroxylation is 2. The van der Waals surface area contributed by atoms with Crippen LogP contribution in [0.15, 0.2) is 48.8 Å². The zero-order valence-electron chi connectivity index (χ0n) is 18.8. The minimum absolute atomic E-state index is 0.177. The number of carbonyl (C=O) groups is 3. The zero-order valence-corrected chi connectivity index (χ0v) is 18.8. The van der Waals surface area contributed by atoms with Crippen molar-refractivity contribution < 1.29 is 14.4 Å². The van der Waals surface area contributed by atoms with Crippen molar-refractivity contribution >= 4 is 28.6 Å². The van der Waals surface area contributed by atoms with Gasteiger partial charge in [0.15, 0.2) is 0 Å². The van der Waals surface area contributed by atoms with Crippen molar-refractivity contribution in [3.05, 3.63) is 59.9 Å². The van der Waals surface area contributed by atoms with Crippen LogP contribution >= 0.6 is 0 Å². The molecule has 1 N–H and O–H groups in total. The van der Waals surface area contributed by atoms with Crippen LogP contribution < -0.4 is 5.32 Å². The molecular formula is C25H22N6O3. The van der Waals surface area contributed by atoms with Gasteiger partial charge in [-0.25, -0.2) is 0 Å². The summed E-state index contributed by atoms with van der Waals surface area (Å²) >= 11 is 0. The summed E-state index contributed by atoms with van der Waals surface area (Å²) in [4.78, 5) is 38.4. The zero-order chi connectivity index (χ0) is 23.6. The van der Waals surface area contributed by atoms with E-state index in [1.807, 2.05) is 60.1 Å². The van der Waals surface area contributed by atoms with Crippen molar-refractivity contribution in [2.24, 2.45) is 14.1 Å². The van der Waals surface area contributed by atoms with Gasteiger partial charge < -0.3 is 4.90 Å². The third-order valence-corrected chi connectivity index (χ3v) is 6.80. The molecule has 1 unspecified atom stereocenters. The molecule has 2 aromatic carbocycles. The number of amides is 3. The standard InChI is InChI=1S/C25H22N6O3/c1-29-21-10-15(3-4-16(21)11-26-29)23-19(12-27-30(23)2)14-5-6-18-17(9-14)13-31(25(18)34)20-7-8-22(32)28-24(20)33/h3-6,9-12,20H,7-8,13H2,1-2H3,(H,28,32,33). The summed E-state index contributed by atoms with van der Waals surface area (Å²) in [6.45, 7) is 0.338. The van der Waals surface area contributed by atoms with Crippen LogP contribution in [0.25, 0.3) is 33.3 Å². The maximum absolute atomic E-state index is 13.0. The molecule has 0 radical (unpaired) electrons. The fourth-order valence-corrected chi connectivity index (χ4v) is 5.02. The highest BCUT2D eigenvalue weighted by Crippen LogP contribution is 2.36. The van der Waals surface area contributed by atoms with E-state index in [0.29, 0.717) is 18.5 Å². The lowest BCUT2D eigenvalue weighted by Crippen LogP contribution is -2.52. The van der Waals surface area contributed by atoms with Crippen LogP contribution in [0.1, 0.15) is 28.8 Å². The van der Waals surface area contributed by atoms with E-state index < -0.39 is 11.9 Å². The maximum Gasteiger partial charge on any atom is 0.255 e. The monoisotopic (exact) mass is 454 g/mol. The van der Waals surface area contributed by atoms with Crippen molar-refractivity contribution in [3.63, 3.8) is 0 Å². The van der Waals surface area contributed by atoms with Gasteiger partial charge in [-0.1, -0.05) is 18.2 Å². The molecule has 4 heterocycles. The van der Waals surface area contributed by atoms with Gasteiger partial charge in [0, 0.05) is 49.1 Å². The van der Waals surface area contributed by atoms with E-state index in [1.165, 1.54) is 0 Å². The molecule has 2 aliphatic rings. The molecule has 9 heteroatoms. The second-order valence-corrected chi connectivity index (χ2v) is 8.84. The molecule has 170 valence electrons. The lowest BCUT2D eigenvalue weighted by Gasteiger charge is -2.29. The van der Waals surface area contributed by atoms with Crippen molar-refractivity contribution in [2.75, 3.05) is 0 Å². The summed E-state index contributed by atoms with van der Waals surface area (Å²) < 4.78 is 3.69. The predicted molar refractivity (Wildman–Crippen MR) is 124 cm³/mol. The molecule has 3 amide bonds. The number of piperidine rings is 1. The number of benzene rings is 2. The number of imide groups is 1. The number of hydrogen-bond donors (Lipinski definition) is 1. The number of rotatable bonds is 3. The van der Waals surface area contributed by atoms with Crippen LogP contribution in [0.5, 0.6) is 0 Å². The Bertz CT molecular complexity index is 1510. The summed E-state index contributed by atoms with van der Waals surface area (Å²) in [5.74, 6) is -0.872. The molecule has 1 atom stereocenters. The quantitative estimate of drug-likeness (QED) is 0.479. The Labute approximate surface area is 195 Å². The van der Waals surface area contributed by atoms with Gasteiger partial charge in [0.1, 0.15) is 6.04 Å². The molecule has 9 nitrogen and oxygen atoms in total. The van der Waals surface area contributed by atoms with Crippen LogP contribution in [0.3, 0.4) is 0 Å². The van der Waals surface area contributed by atoms with Gasteiger partial charge in [0.25, 0.3) is 5.91 Å². The van der Waals surface area contributed by atoms with Crippen molar-refractivity contribution in [1.29, 1.82) is 0 Å². The number of nitrogens with zero attached hydrogens (tertiary/aromatic N) is 5. The van der Waals surface area contributed by atoms with Gasteiger partial charge in [0.05, 0.1) is 23.6 Å². The lowest BCUT2D eigenvalue weighted by molar-refractivity contribution is -0.136. The van der Waals surface area contributed by atoms with Crippen LogP contribution in [0.2, 0.25) is 0 Å². The summed E-state index contributed by atoms with van der Waals surface area (Å²) in [5, 5.41) is 12.3. The smallest absolute Gasteiger partial charge is 0.255 e. The van der Waals surface area contributed by atoms with E-state index in [-0.39, 0.29) is 18.2 Å². The van der Waals surface area contributed by atoms with Crippen molar-refractivity contribution in [1.82, 2.24) is 29.8 Å². The highest BCUT2D eigenvalue weighted by molar-refractivity contribution is 6.05. The fraction of sp³-hybridized carbons (Fsp3) is 0.240. The Morgan fingerprint density at radius 1 is 0.912 bits per heavy atom. The number of hydrogen-bond acceptors (Lipinski definition) is 5. The fourth-order valence-electron chi connectivity index (χ4n) is 5.02. The summed E-state index contributed by atoms with van der Waals surface area (Å²) in [6, 6.07) is 11.3. The average molecular weight is 454 g/mol. The van der Waals surface area contributed by atoms with Gasteiger partial charge in [-0.15, -0.1) is 0 Å². The van der Waals surface area contributed by atoms with Crippen molar-refractivity contribution in [2.45, 2.75) is 25.4 Å². The lowest BCUT2D eigenvalue weighted by atomic mass is 9.98. The molecule has 6 rings (SSSR count). The maximum atomic E-state index is 13.0. The first-order valence-electron chi connectivity index (χ1n) is 11.1. The van der Waals surface area contributed by atoms with E-state index in [0.717, 1.165) is 38.9 Å². The Morgan fingerprint density at radius 3 is 2.53 bits per heavy atom. The molecule has 0 bridgehead atoms. The largest absolute Gasteiger partial charge is 0.322 e. The van der Waals surface area contributed by atoms with Gasteiger partial charge in [-0.3, -0.25) is 29.1 Å². The van der Waals surface area contributed by atoms with E-state index in [2.05, 4.69) is 27.6 Å². The molecule has 2 aliphatic heterocycles. The molecule has 1 saturated heterocycles. The topological polar surface area (TPSA) is 102 Å². The van der Waals surface area contributed by atoms with Crippen LogP contribution in [-0.2, 0) is 30.2 Å². The SMILES string of the molecule is Cn1ncc(-c2ccc3c(c2)CN(C2CCC(=O)NC2=O)C3=O)c1-c1ccc2cnn(C)c2c1. The summed E-state index contributed by atoms with van der Waals surface area (Å²) in [5.41, 5.74) is 6.38. The Balaban J connectivity index is 1.37. The molecular weight excluding hydrogens is 432 g/mol. The Morgan fingerprint density at radius 2 is 1.71 bits per heavy atom. The summed E-state index contributed by atoms with van der Waals surface area (Å²) in [6.07, 6.45) is 4.26. The van der Waals surface area contributed by atoms with Gasteiger partial charge in [-0.2, -0.15) is 10.2 Å². The van der Waals surface area contributed by atoms with Gasteiger partial charge >= 0.3 is 0 Å². The normalized spacial score (nSPS) is 18.0. The third kappa shape index (κ3) is 3.04. The number of aromatic nitrogens is 4. The first-order valence-corrected chi connectivity index (χ1v) is 11.1. The third-order valence-electron chi connectivity index (χ3n) is 6.80. The van der Waals surface area contributed by atoms with Gasteiger partial charge in [0.2, 0.25) is 11.8 Å². The second kappa shape index (κ2) is 7.38. The highest BCUT2D eigenvalue weighted by Gasteiger charge is 2.39. The van der Waals surface area contributed by atoms with Gasteiger partial charge in [-0.05, 0) is 35.7 Å². The van der Waals surface area contributed by atoms with E-state index in [1.54, 1.807) is 4.90 Å². The molecule has 4 aromatic rings. The van der Waals surface area contributed by atoms with Crippen LogP contribution in [0.4, 0.5) is 0 Å². The molecule has 0 aliphatic carbocycles. The highest BCUT2D eigenvalue weighted by atomic mass is 16.2. The van der Waals surface area contributed by atoms with Crippen molar-refractivity contribution in [3.8, 4) is 22.4 Å². The van der Waals surface area contributed by atoms with E-state index >= 15 is 0 Å². The minimum atomic E-state index is -0.624. The number of fused-ring (bicyclic) bond motifs is 2. The van der Waals surface area contributed by atoms with E-state index in [4.69, 9.17) is 0 Å². The Kier molecular flexibility index (Phi) is 4.41. The van der Waals surface area contributed by atoms with Crippen LogP contribution in [0, 0.1) is 0 Å². The molecule has 0 saturated carbocycles. The second-order valence-electron chi connectivity index (χ2n) is 8.84. The van der Waals surface area contributed by atoms with E-state index in [9.17, 15) is 14.4 Å². The molecule has 0 spiro atoms. The minimum Gasteiger partial charge on any atom is -0.322 e. The molecule has 34 heavy (non-hydrogen) atoms. The molecule has 1 fully saturated rings. The van der Waals surface area contributed by atoms with Crippen LogP contribution in [-0.4, -0.2) is 48.2 Å². The predicted octanol–water partition coefficient (Wildman–Crippen LogP) is 2.40. The molecule has 2 aromatic heterocycles. The first kappa shape index (κ1) is 20.3. The first-order chi connectivity index (χ1) is 16.4. The number of carbonyl (C=O) groups excluding carboxylic acids is 3.